The molecule has 1 rings (SSSR count). The Morgan fingerprint density at radius 3 is 2.45 bits per heavy atom. The topological polar surface area (TPSA) is 12.0 Å². The van der Waals surface area contributed by atoms with E-state index < -0.39 is 0 Å². The molecule has 0 aliphatic heterocycles. The van der Waals surface area contributed by atoms with E-state index in [0.717, 1.165) is 6.54 Å². The van der Waals surface area contributed by atoms with Gasteiger partial charge in [-0.25, -0.2) is 0 Å². The van der Waals surface area contributed by atoms with Crippen molar-refractivity contribution in [1.29, 1.82) is 0 Å². The molecule has 114 valence electrons. The number of aryl methyl sites for hydroxylation is 2. The first-order valence-electron chi connectivity index (χ1n) is 8.09. The summed E-state index contributed by atoms with van der Waals surface area (Å²) < 4.78 is 0. The van der Waals surface area contributed by atoms with Gasteiger partial charge in [0.25, 0.3) is 0 Å². The average molecular weight is 294 g/mol. The van der Waals surface area contributed by atoms with Gasteiger partial charge in [0.1, 0.15) is 0 Å². The lowest BCUT2D eigenvalue weighted by Crippen LogP contribution is -2.38. The molecular formula is C18H31NS. The summed E-state index contributed by atoms with van der Waals surface area (Å²) in [6.45, 7) is 12.4. The van der Waals surface area contributed by atoms with Crippen LogP contribution in [0, 0.1) is 13.8 Å². The van der Waals surface area contributed by atoms with E-state index in [2.05, 4.69) is 69.9 Å². The van der Waals surface area contributed by atoms with E-state index in [-0.39, 0.29) is 0 Å². The van der Waals surface area contributed by atoms with Gasteiger partial charge in [-0.3, -0.25) is 0 Å². The Kier molecular flexibility index (Phi) is 8.32. The minimum atomic E-state index is 0.634. The monoisotopic (exact) mass is 293 g/mol. The summed E-state index contributed by atoms with van der Waals surface area (Å²) in [7, 11) is 0. The zero-order chi connectivity index (χ0) is 15.0. The highest BCUT2D eigenvalue weighted by molar-refractivity contribution is 8.00. The number of hydrogen-bond donors (Lipinski definition) is 1. The molecule has 0 amide bonds. The molecule has 1 N–H and O–H groups in total. The zero-order valence-electron chi connectivity index (χ0n) is 13.8. The van der Waals surface area contributed by atoms with Crippen molar-refractivity contribution in [2.45, 2.75) is 76.5 Å². The van der Waals surface area contributed by atoms with Crippen LogP contribution in [0.1, 0.15) is 57.6 Å². The van der Waals surface area contributed by atoms with Gasteiger partial charge >= 0.3 is 0 Å². The van der Waals surface area contributed by atoms with Crippen molar-refractivity contribution in [2.24, 2.45) is 0 Å². The fourth-order valence-electron chi connectivity index (χ4n) is 2.51. The quantitative estimate of drug-likeness (QED) is 0.617. The molecule has 2 heteroatoms. The molecule has 20 heavy (non-hydrogen) atoms. The van der Waals surface area contributed by atoms with Gasteiger partial charge in [0.15, 0.2) is 0 Å². The molecule has 2 atom stereocenters. The van der Waals surface area contributed by atoms with E-state index in [1.54, 1.807) is 0 Å². The molecule has 0 radical (unpaired) electrons. The van der Waals surface area contributed by atoms with Crippen molar-refractivity contribution in [3.63, 3.8) is 0 Å². The summed E-state index contributed by atoms with van der Waals surface area (Å²) in [5, 5.41) is 4.42. The maximum absolute atomic E-state index is 3.75. The van der Waals surface area contributed by atoms with Crippen molar-refractivity contribution in [3.8, 4) is 0 Å². The second-order valence-electron chi connectivity index (χ2n) is 5.68. The fraction of sp³-hybridized carbons (Fsp3) is 0.667. The van der Waals surface area contributed by atoms with E-state index in [1.807, 2.05) is 0 Å². The van der Waals surface area contributed by atoms with Crippen LogP contribution in [0.4, 0.5) is 0 Å². The van der Waals surface area contributed by atoms with Crippen LogP contribution < -0.4 is 5.32 Å². The van der Waals surface area contributed by atoms with Crippen LogP contribution >= 0.6 is 11.8 Å². The molecular weight excluding hydrogens is 262 g/mol. The Bertz CT molecular complexity index is 389. The average Bonchev–Trinajstić information content (AvgIpc) is 2.44. The molecule has 0 aliphatic carbocycles. The van der Waals surface area contributed by atoms with Crippen LogP contribution in [0.2, 0.25) is 0 Å². The molecule has 1 aromatic rings. The number of thioether (sulfide) groups is 1. The molecule has 0 aromatic heterocycles. The molecule has 0 aliphatic rings. The maximum atomic E-state index is 3.75. The first-order chi connectivity index (χ1) is 9.62. The largest absolute Gasteiger partial charge is 0.313 e. The summed E-state index contributed by atoms with van der Waals surface area (Å²) >= 11 is 2.07. The third-order valence-electron chi connectivity index (χ3n) is 3.73. The summed E-state index contributed by atoms with van der Waals surface area (Å²) in [5.41, 5.74) is 2.77. The first kappa shape index (κ1) is 17.6. The van der Waals surface area contributed by atoms with E-state index in [9.17, 15) is 0 Å². The summed E-state index contributed by atoms with van der Waals surface area (Å²) in [5.74, 6) is 0. The van der Waals surface area contributed by atoms with Gasteiger partial charge in [-0.15, -0.1) is 11.8 Å². The normalized spacial score (nSPS) is 14.2. The molecule has 0 bridgehead atoms. The smallest absolute Gasteiger partial charge is 0.0245 e. The van der Waals surface area contributed by atoms with Crippen LogP contribution in [-0.2, 0) is 0 Å². The third kappa shape index (κ3) is 5.49. The highest BCUT2D eigenvalue weighted by Crippen LogP contribution is 2.32. The second kappa shape index (κ2) is 9.46. The molecule has 1 aromatic carbocycles. The highest BCUT2D eigenvalue weighted by atomic mass is 32.2. The molecule has 0 saturated carbocycles. The summed E-state index contributed by atoms with van der Waals surface area (Å²) in [6, 6.07) is 7.43. The Morgan fingerprint density at radius 1 is 1.10 bits per heavy atom. The molecule has 0 spiro atoms. The van der Waals surface area contributed by atoms with E-state index in [0.29, 0.717) is 11.3 Å². The predicted octanol–water partition coefficient (Wildman–Crippen LogP) is 5.34. The molecule has 2 unspecified atom stereocenters. The van der Waals surface area contributed by atoms with Crippen molar-refractivity contribution in [1.82, 2.24) is 5.32 Å². The van der Waals surface area contributed by atoms with Gasteiger partial charge in [-0.05, 0) is 51.3 Å². The minimum Gasteiger partial charge on any atom is -0.313 e. The SMILES string of the molecule is CCCNC(CCC)C(CC)Sc1cc(C)ccc1C. The third-order valence-corrected chi connectivity index (χ3v) is 5.39. The molecule has 0 saturated heterocycles. The second-order valence-corrected chi connectivity index (χ2v) is 6.96. The lowest BCUT2D eigenvalue weighted by atomic mass is 10.1. The van der Waals surface area contributed by atoms with Gasteiger partial charge in [0.05, 0.1) is 0 Å². The first-order valence-corrected chi connectivity index (χ1v) is 8.97. The summed E-state index contributed by atoms with van der Waals surface area (Å²) in [6.07, 6.45) is 4.96. The van der Waals surface area contributed by atoms with Crippen LogP contribution in [0.25, 0.3) is 0 Å². The van der Waals surface area contributed by atoms with Crippen molar-refractivity contribution < 1.29 is 0 Å². The van der Waals surface area contributed by atoms with Gasteiger partial charge in [-0.2, -0.15) is 0 Å². The van der Waals surface area contributed by atoms with Gasteiger partial charge in [-0.1, -0.05) is 44.9 Å². The van der Waals surface area contributed by atoms with E-state index in [1.165, 1.54) is 41.7 Å². The Morgan fingerprint density at radius 2 is 1.85 bits per heavy atom. The van der Waals surface area contributed by atoms with Crippen molar-refractivity contribution in [2.75, 3.05) is 6.54 Å². The Balaban J connectivity index is 2.79. The van der Waals surface area contributed by atoms with Crippen LogP contribution in [0.3, 0.4) is 0 Å². The number of nitrogens with one attached hydrogen (secondary N) is 1. The van der Waals surface area contributed by atoms with Crippen molar-refractivity contribution >= 4 is 11.8 Å². The van der Waals surface area contributed by atoms with Crippen LogP contribution in [0.5, 0.6) is 0 Å². The number of benzene rings is 1. The van der Waals surface area contributed by atoms with Crippen molar-refractivity contribution in [3.05, 3.63) is 29.3 Å². The lowest BCUT2D eigenvalue weighted by molar-refractivity contribution is 0.454. The number of hydrogen-bond acceptors (Lipinski definition) is 2. The van der Waals surface area contributed by atoms with Gasteiger partial charge < -0.3 is 5.32 Å². The van der Waals surface area contributed by atoms with E-state index in [4.69, 9.17) is 0 Å². The number of rotatable bonds is 9. The predicted molar refractivity (Wildman–Crippen MR) is 92.8 cm³/mol. The maximum Gasteiger partial charge on any atom is 0.0245 e. The summed E-state index contributed by atoms with van der Waals surface area (Å²) in [4.78, 5) is 1.45. The lowest BCUT2D eigenvalue weighted by Gasteiger charge is -2.27. The Hall–Kier alpha value is -0.470. The van der Waals surface area contributed by atoms with Crippen LogP contribution in [-0.4, -0.2) is 17.8 Å². The molecule has 0 fully saturated rings. The zero-order valence-corrected chi connectivity index (χ0v) is 14.6. The van der Waals surface area contributed by atoms with Gasteiger partial charge in [0, 0.05) is 16.2 Å². The van der Waals surface area contributed by atoms with Gasteiger partial charge in [0.2, 0.25) is 0 Å². The van der Waals surface area contributed by atoms with Crippen LogP contribution in [0.15, 0.2) is 23.1 Å². The standard InChI is InChI=1S/C18H31NS/c1-6-9-16(19-12-7-2)17(8-3)20-18-13-14(4)10-11-15(18)5/h10-11,13,16-17,19H,6-9,12H2,1-5H3. The van der Waals surface area contributed by atoms with E-state index >= 15 is 0 Å². The fourth-order valence-corrected chi connectivity index (χ4v) is 3.90. The molecule has 1 nitrogen and oxygen atoms in total. The molecule has 0 heterocycles. The highest BCUT2D eigenvalue weighted by Gasteiger charge is 2.20. The Labute approximate surface area is 129 Å². The minimum absolute atomic E-state index is 0.634.